The zero-order chi connectivity index (χ0) is 12.5. The quantitative estimate of drug-likeness (QED) is 0.802. The highest BCUT2D eigenvalue weighted by Gasteiger charge is 2.24. The predicted molar refractivity (Wildman–Crippen MR) is 85.8 cm³/mol. The van der Waals surface area contributed by atoms with E-state index in [1.165, 1.54) is 12.1 Å². The van der Waals surface area contributed by atoms with Crippen LogP contribution in [0.4, 0.5) is 10.1 Å². The summed E-state index contributed by atoms with van der Waals surface area (Å²) in [6, 6.07) is 6.35. The molecule has 0 bridgehead atoms. The van der Waals surface area contributed by atoms with Crippen molar-refractivity contribution < 1.29 is 9.50 Å². The van der Waals surface area contributed by atoms with E-state index in [4.69, 9.17) is 0 Å². The third-order valence-corrected chi connectivity index (χ3v) is 3.01. The number of phenolic OH excluding ortho intramolecular Hbond substituents is 1. The summed E-state index contributed by atoms with van der Waals surface area (Å²) >= 11 is 0. The van der Waals surface area contributed by atoms with Crippen LogP contribution in [0.15, 0.2) is 36.7 Å². The summed E-state index contributed by atoms with van der Waals surface area (Å²) in [5.74, 6) is -0.132. The number of rotatable bonds is 2. The van der Waals surface area contributed by atoms with E-state index in [1.807, 2.05) is 17.1 Å². The van der Waals surface area contributed by atoms with Crippen LogP contribution in [0.1, 0.15) is 11.1 Å². The van der Waals surface area contributed by atoms with Gasteiger partial charge < -0.3 is 10.5 Å². The monoisotopic (exact) mass is 405 g/mol. The van der Waals surface area contributed by atoms with E-state index in [1.54, 1.807) is 12.4 Å². The van der Waals surface area contributed by atoms with Crippen molar-refractivity contribution in [3.63, 3.8) is 0 Å². The standard InChI is InChI=1S/C13H12FN3O.2BrH/c14-12-1-2-13(18)11-8-17(7-10(11)12)16-9-3-5-15-6-4-9;;/h1-6,18H,7-8H2,(H,15,16);2*1H. The van der Waals surface area contributed by atoms with Crippen LogP contribution >= 0.6 is 34.0 Å². The zero-order valence-corrected chi connectivity index (χ0v) is 13.8. The van der Waals surface area contributed by atoms with Crippen molar-refractivity contribution in [1.82, 2.24) is 9.99 Å². The number of nitrogens with one attached hydrogen (secondary N) is 1. The minimum atomic E-state index is -0.276. The molecule has 1 aromatic heterocycles. The van der Waals surface area contributed by atoms with E-state index in [0.717, 1.165) is 5.69 Å². The number of phenols is 1. The van der Waals surface area contributed by atoms with Crippen LogP contribution in [0.2, 0.25) is 0 Å². The van der Waals surface area contributed by atoms with Crippen LogP contribution in [0.25, 0.3) is 0 Å². The molecule has 7 heteroatoms. The number of hydrogen-bond donors (Lipinski definition) is 2. The lowest BCUT2D eigenvalue weighted by molar-refractivity contribution is 0.340. The second-order valence-corrected chi connectivity index (χ2v) is 4.23. The Morgan fingerprint density at radius 3 is 2.35 bits per heavy atom. The van der Waals surface area contributed by atoms with Crippen molar-refractivity contribution in [1.29, 1.82) is 0 Å². The number of nitrogens with zero attached hydrogens (tertiary/aromatic N) is 2. The largest absolute Gasteiger partial charge is 0.508 e. The number of aromatic hydroxyl groups is 1. The molecule has 0 fully saturated rings. The highest BCUT2D eigenvalue weighted by atomic mass is 79.9. The van der Waals surface area contributed by atoms with Crippen LogP contribution in [0, 0.1) is 5.82 Å². The van der Waals surface area contributed by atoms with Crippen molar-refractivity contribution in [3.8, 4) is 5.75 Å². The van der Waals surface area contributed by atoms with Gasteiger partial charge in [0.05, 0.1) is 5.69 Å². The fourth-order valence-corrected chi connectivity index (χ4v) is 2.13. The molecule has 20 heavy (non-hydrogen) atoms. The van der Waals surface area contributed by atoms with Gasteiger partial charge in [0.15, 0.2) is 0 Å². The highest BCUT2D eigenvalue weighted by molar-refractivity contribution is 8.93. The lowest BCUT2D eigenvalue weighted by Gasteiger charge is -2.17. The molecule has 2 heterocycles. The molecule has 1 aliphatic heterocycles. The molecule has 0 radical (unpaired) electrons. The molecule has 3 rings (SSSR count). The Morgan fingerprint density at radius 1 is 1.05 bits per heavy atom. The number of hydrazine groups is 1. The molecule has 1 aromatic carbocycles. The van der Waals surface area contributed by atoms with Gasteiger partial charge in [-0.25, -0.2) is 9.40 Å². The van der Waals surface area contributed by atoms with Gasteiger partial charge in [0.2, 0.25) is 0 Å². The van der Waals surface area contributed by atoms with Crippen LogP contribution < -0.4 is 5.43 Å². The van der Waals surface area contributed by atoms with E-state index in [-0.39, 0.29) is 45.5 Å². The minimum Gasteiger partial charge on any atom is -0.508 e. The van der Waals surface area contributed by atoms with Crippen LogP contribution in [-0.2, 0) is 13.1 Å². The molecule has 1 aliphatic rings. The maximum atomic E-state index is 13.6. The molecule has 0 atom stereocenters. The lowest BCUT2D eigenvalue weighted by atomic mass is 10.1. The topological polar surface area (TPSA) is 48.4 Å². The molecule has 0 saturated heterocycles. The Labute approximate surface area is 137 Å². The fraction of sp³-hybridized carbons (Fsp3) is 0.154. The van der Waals surface area contributed by atoms with E-state index in [2.05, 4.69) is 10.4 Å². The van der Waals surface area contributed by atoms with Crippen molar-refractivity contribution in [2.45, 2.75) is 13.1 Å². The van der Waals surface area contributed by atoms with Crippen molar-refractivity contribution in [2.24, 2.45) is 0 Å². The molecule has 0 spiro atoms. The summed E-state index contributed by atoms with van der Waals surface area (Å²) in [5, 5.41) is 11.6. The molecule has 0 amide bonds. The van der Waals surface area contributed by atoms with E-state index >= 15 is 0 Å². The molecule has 0 saturated carbocycles. The van der Waals surface area contributed by atoms with E-state index < -0.39 is 0 Å². The number of pyridine rings is 1. The fourth-order valence-electron chi connectivity index (χ4n) is 2.13. The number of halogens is 3. The van der Waals surface area contributed by atoms with Gasteiger partial charge in [-0.2, -0.15) is 0 Å². The van der Waals surface area contributed by atoms with Gasteiger partial charge in [-0.15, -0.1) is 34.0 Å². The zero-order valence-electron chi connectivity index (χ0n) is 10.4. The summed E-state index contributed by atoms with van der Waals surface area (Å²) in [7, 11) is 0. The number of hydrogen-bond acceptors (Lipinski definition) is 4. The smallest absolute Gasteiger partial charge is 0.128 e. The average molecular weight is 407 g/mol. The second kappa shape index (κ2) is 7.01. The Kier molecular flexibility index (Phi) is 5.91. The molecule has 0 unspecified atom stereocenters. The van der Waals surface area contributed by atoms with Gasteiger partial charge in [0, 0.05) is 36.6 Å². The first-order valence-electron chi connectivity index (χ1n) is 5.65. The minimum absolute atomic E-state index is 0. The first kappa shape index (κ1) is 16.9. The molecule has 2 N–H and O–H groups in total. The van der Waals surface area contributed by atoms with Crippen molar-refractivity contribution in [3.05, 3.63) is 53.6 Å². The van der Waals surface area contributed by atoms with Gasteiger partial charge in [-0.1, -0.05) is 0 Å². The van der Waals surface area contributed by atoms with Gasteiger partial charge in [-0.05, 0) is 24.3 Å². The van der Waals surface area contributed by atoms with Crippen LogP contribution in [0.3, 0.4) is 0 Å². The van der Waals surface area contributed by atoms with Gasteiger partial charge in [0.1, 0.15) is 11.6 Å². The SMILES string of the molecule is Br.Br.Oc1ccc(F)c2c1CN(Nc1ccncc1)C2. The van der Waals surface area contributed by atoms with Gasteiger partial charge in [-0.3, -0.25) is 4.98 Å². The summed E-state index contributed by atoms with van der Waals surface area (Å²) < 4.78 is 13.6. The predicted octanol–water partition coefficient (Wildman–Crippen LogP) is 3.42. The lowest BCUT2D eigenvalue weighted by Crippen LogP contribution is -2.23. The normalized spacial score (nSPS) is 13.1. The Bertz CT molecular complexity index is 552. The van der Waals surface area contributed by atoms with Gasteiger partial charge in [0.25, 0.3) is 0 Å². The summed E-state index contributed by atoms with van der Waals surface area (Å²) in [6.07, 6.45) is 3.37. The van der Waals surface area contributed by atoms with Gasteiger partial charge >= 0.3 is 0 Å². The molecule has 2 aromatic rings. The van der Waals surface area contributed by atoms with Crippen LogP contribution in [0.5, 0.6) is 5.75 Å². The third kappa shape index (κ3) is 3.28. The maximum absolute atomic E-state index is 13.6. The summed E-state index contributed by atoms with van der Waals surface area (Å²) in [6.45, 7) is 0.902. The first-order valence-corrected chi connectivity index (χ1v) is 5.65. The maximum Gasteiger partial charge on any atom is 0.128 e. The Hall–Kier alpha value is -1.18. The molecule has 0 aliphatic carbocycles. The molecular weight excluding hydrogens is 393 g/mol. The Morgan fingerprint density at radius 2 is 1.70 bits per heavy atom. The third-order valence-electron chi connectivity index (χ3n) is 3.01. The molecular formula is C13H14Br2FN3O. The number of aromatic nitrogens is 1. The van der Waals surface area contributed by atoms with Crippen molar-refractivity contribution in [2.75, 3.05) is 5.43 Å². The first-order chi connectivity index (χ1) is 8.74. The molecule has 108 valence electrons. The summed E-state index contributed by atoms with van der Waals surface area (Å²) in [4.78, 5) is 3.93. The average Bonchev–Trinajstić information content (AvgIpc) is 2.80. The summed E-state index contributed by atoms with van der Waals surface area (Å²) in [5.41, 5.74) is 5.25. The van der Waals surface area contributed by atoms with Crippen LogP contribution in [-0.4, -0.2) is 15.1 Å². The molecule has 4 nitrogen and oxygen atoms in total. The number of benzene rings is 1. The Balaban J connectivity index is 0.000001000. The number of fused-ring (bicyclic) bond motifs is 1. The highest BCUT2D eigenvalue weighted by Crippen LogP contribution is 2.32. The number of anilines is 1. The van der Waals surface area contributed by atoms with E-state index in [0.29, 0.717) is 24.2 Å². The van der Waals surface area contributed by atoms with Crippen molar-refractivity contribution >= 4 is 39.7 Å². The van der Waals surface area contributed by atoms with E-state index in [9.17, 15) is 9.50 Å². The second-order valence-electron chi connectivity index (χ2n) is 4.23.